The molecular formula is C22H23N3O4. The number of carbonyl (C=O) groups excluding carboxylic acids is 2. The summed E-state index contributed by atoms with van der Waals surface area (Å²) < 4.78 is 10.5. The Morgan fingerprint density at radius 3 is 2.24 bits per heavy atom. The molecule has 2 aromatic rings. The summed E-state index contributed by atoms with van der Waals surface area (Å²) in [7, 11) is 1.57. The Bertz CT molecular complexity index is 911. The van der Waals surface area contributed by atoms with E-state index >= 15 is 0 Å². The molecule has 0 radical (unpaired) electrons. The van der Waals surface area contributed by atoms with Crippen LogP contribution in [0.3, 0.4) is 0 Å². The highest BCUT2D eigenvalue weighted by Gasteiger charge is 2.10. The molecule has 0 unspecified atom stereocenters. The van der Waals surface area contributed by atoms with E-state index in [1.165, 1.54) is 6.08 Å². The van der Waals surface area contributed by atoms with Crippen LogP contribution in [-0.4, -0.2) is 31.6 Å². The Hall–Kier alpha value is -3.79. The standard InChI is InChI=1S/C22H23N3O4/c1-15(2)24-22(27)17(13-23)12-16-4-8-20(9-5-16)29-14-21(26)25-18-6-10-19(28-3)11-7-18/h4-12,15H,14H2,1-3H3,(H,24,27)(H,25,26)/b17-12+. The van der Waals surface area contributed by atoms with Crippen molar-refractivity contribution in [2.75, 3.05) is 19.0 Å². The van der Waals surface area contributed by atoms with Crippen LogP contribution in [0.2, 0.25) is 0 Å². The number of anilines is 1. The molecule has 0 spiro atoms. The van der Waals surface area contributed by atoms with Crippen LogP contribution in [-0.2, 0) is 9.59 Å². The molecule has 0 aliphatic rings. The molecule has 0 aliphatic heterocycles. The van der Waals surface area contributed by atoms with Crippen molar-refractivity contribution < 1.29 is 19.1 Å². The minimum Gasteiger partial charge on any atom is -0.497 e. The van der Waals surface area contributed by atoms with Gasteiger partial charge in [0.15, 0.2) is 6.61 Å². The average molecular weight is 393 g/mol. The van der Waals surface area contributed by atoms with Crippen molar-refractivity contribution in [3.8, 4) is 17.6 Å². The lowest BCUT2D eigenvalue weighted by molar-refractivity contribution is -0.118. The molecule has 0 saturated heterocycles. The second kappa shape index (κ2) is 10.5. The van der Waals surface area contributed by atoms with E-state index in [0.29, 0.717) is 22.7 Å². The van der Waals surface area contributed by atoms with Gasteiger partial charge in [-0.25, -0.2) is 0 Å². The van der Waals surface area contributed by atoms with Gasteiger partial charge in [-0.2, -0.15) is 5.26 Å². The molecule has 7 heteroatoms. The number of ether oxygens (including phenoxy) is 2. The Balaban J connectivity index is 1.91. The van der Waals surface area contributed by atoms with E-state index in [1.54, 1.807) is 55.6 Å². The summed E-state index contributed by atoms with van der Waals surface area (Å²) in [5.41, 5.74) is 1.34. The molecule has 0 bridgehead atoms. The van der Waals surface area contributed by atoms with Gasteiger partial charge in [-0.1, -0.05) is 12.1 Å². The molecule has 2 amide bonds. The summed E-state index contributed by atoms with van der Waals surface area (Å²) in [6, 6.07) is 15.6. The zero-order valence-corrected chi connectivity index (χ0v) is 16.6. The number of nitrogens with one attached hydrogen (secondary N) is 2. The second-order valence-corrected chi connectivity index (χ2v) is 6.43. The van der Waals surface area contributed by atoms with Gasteiger partial charge < -0.3 is 20.1 Å². The summed E-state index contributed by atoms with van der Waals surface area (Å²) >= 11 is 0. The first-order valence-electron chi connectivity index (χ1n) is 9.00. The van der Waals surface area contributed by atoms with Crippen molar-refractivity contribution in [2.24, 2.45) is 0 Å². The first kappa shape index (κ1) is 21.5. The minimum atomic E-state index is -0.418. The van der Waals surface area contributed by atoms with Crippen molar-refractivity contribution >= 4 is 23.6 Å². The average Bonchev–Trinajstić information content (AvgIpc) is 2.71. The Morgan fingerprint density at radius 2 is 1.69 bits per heavy atom. The molecule has 0 saturated carbocycles. The number of methoxy groups -OCH3 is 1. The van der Waals surface area contributed by atoms with Crippen molar-refractivity contribution in [3.63, 3.8) is 0 Å². The zero-order valence-electron chi connectivity index (χ0n) is 16.6. The quantitative estimate of drug-likeness (QED) is 0.530. The first-order chi connectivity index (χ1) is 13.9. The third-order valence-electron chi connectivity index (χ3n) is 3.72. The highest BCUT2D eigenvalue weighted by molar-refractivity contribution is 6.01. The van der Waals surface area contributed by atoms with Gasteiger partial charge in [-0.05, 0) is 61.9 Å². The Morgan fingerprint density at radius 1 is 1.07 bits per heavy atom. The predicted octanol–water partition coefficient (Wildman–Crippen LogP) is 3.14. The number of nitrogens with zero attached hydrogens (tertiary/aromatic N) is 1. The third-order valence-corrected chi connectivity index (χ3v) is 3.72. The maximum Gasteiger partial charge on any atom is 0.262 e. The van der Waals surface area contributed by atoms with Gasteiger partial charge in [-0.3, -0.25) is 9.59 Å². The van der Waals surface area contributed by atoms with Crippen molar-refractivity contribution in [2.45, 2.75) is 19.9 Å². The molecule has 29 heavy (non-hydrogen) atoms. The van der Waals surface area contributed by atoms with E-state index in [1.807, 2.05) is 19.9 Å². The van der Waals surface area contributed by atoms with Crippen LogP contribution in [0, 0.1) is 11.3 Å². The van der Waals surface area contributed by atoms with Crippen LogP contribution in [0.4, 0.5) is 5.69 Å². The van der Waals surface area contributed by atoms with E-state index in [4.69, 9.17) is 14.7 Å². The number of amides is 2. The number of rotatable bonds is 8. The fourth-order valence-electron chi connectivity index (χ4n) is 2.34. The van der Waals surface area contributed by atoms with Gasteiger partial charge >= 0.3 is 0 Å². The summed E-state index contributed by atoms with van der Waals surface area (Å²) in [4.78, 5) is 23.9. The molecular weight excluding hydrogens is 370 g/mol. The van der Waals surface area contributed by atoms with Gasteiger partial charge in [0.25, 0.3) is 11.8 Å². The minimum absolute atomic E-state index is 0.0197. The molecule has 7 nitrogen and oxygen atoms in total. The van der Waals surface area contributed by atoms with Crippen LogP contribution < -0.4 is 20.1 Å². The van der Waals surface area contributed by atoms with E-state index in [-0.39, 0.29) is 24.1 Å². The van der Waals surface area contributed by atoms with Crippen LogP contribution >= 0.6 is 0 Å². The zero-order chi connectivity index (χ0) is 21.2. The fourth-order valence-corrected chi connectivity index (χ4v) is 2.34. The molecule has 0 aromatic heterocycles. The fraction of sp³-hybridized carbons (Fsp3) is 0.227. The van der Waals surface area contributed by atoms with Crippen molar-refractivity contribution in [1.29, 1.82) is 5.26 Å². The molecule has 0 aliphatic carbocycles. The van der Waals surface area contributed by atoms with E-state index in [9.17, 15) is 9.59 Å². The van der Waals surface area contributed by atoms with Crippen molar-refractivity contribution in [1.82, 2.24) is 5.32 Å². The van der Waals surface area contributed by atoms with Crippen molar-refractivity contribution in [3.05, 3.63) is 59.7 Å². The summed E-state index contributed by atoms with van der Waals surface area (Å²) in [5, 5.41) is 14.6. The lowest BCUT2D eigenvalue weighted by Crippen LogP contribution is -2.30. The monoisotopic (exact) mass is 393 g/mol. The van der Waals surface area contributed by atoms with Crippen LogP contribution in [0.25, 0.3) is 6.08 Å². The van der Waals surface area contributed by atoms with Gasteiger partial charge in [0.05, 0.1) is 7.11 Å². The Kier molecular flexibility index (Phi) is 7.80. The lowest BCUT2D eigenvalue weighted by Gasteiger charge is -2.09. The van der Waals surface area contributed by atoms with Crippen LogP contribution in [0.15, 0.2) is 54.1 Å². The topological polar surface area (TPSA) is 100 Å². The molecule has 0 heterocycles. The van der Waals surface area contributed by atoms with E-state index in [0.717, 1.165) is 0 Å². The number of nitriles is 1. The highest BCUT2D eigenvalue weighted by atomic mass is 16.5. The number of benzene rings is 2. The van der Waals surface area contributed by atoms with Gasteiger partial charge in [0, 0.05) is 11.7 Å². The van der Waals surface area contributed by atoms with E-state index < -0.39 is 5.91 Å². The summed E-state index contributed by atoms with van der Waals surface area (Å²) in [5.74, 6) is 0.487. The third kappa shape index (κ3) is 7.03. The normalized spacial score (nSPS) is 10.8. The highest BCUT2D eigenvalue weighted by Crippen LogP contribution is 2.16. The predicted molar refractivity (Wildman–Crippen MR) is 110 cm³/mol. The lowest BCUT2D eigenvalue weighted by atomic mass is 10.1. The molecule has 2 aromatic carbocycles. The summed E-state index contributed by atoms with van der Waals surface area (Å²) in [6.07, 6.45) is 1.50. The van der Waals surface area contributed by atoms with E-state index in [2.05, 4.69) is 10.6 Å². The second-order valence-electron chi connectivity index (χ2n) is 6.43. The van der Waals surface area contributed by atoms with Gasteiger partial charge in [0.1, 0.15) is 23.1 Å². The molecule has 150 valence electrons. The smallest absolute Gasteiger partial charge is 0.262 e. The number of hydrogen-bond acceptors (Lipinski definition) is 5. The molecule has 2 rings (SSSR count). The summed E-state index contributed by atoms with van der Waals surface area (Å²) in [6.45, 7) is 3.50. The van der Waals surface area contributed by atoms with Gasteiger partial charge in [-0.15, -0.1) is 0 Å². The molecule has 0 fully saturated rings. The molecule has 2 N–H and O–H groups in total. The van der Waals surface area contributed by atoms with Crippen LogP contribution in [0.1, 0.15) is 19.4 Å². The SMILES string of the molecule is COc1ccc(NC(=O)COc2ccc(/C=C(\C#N)C(=O)NC(C)C)cc2)cc1. The van der Waals surface area contributed by atoms with Crippen LogP contribution in [0.5, 0.6) is 11.5 Å². The number of hydrogen-bond donors (Lipinski definition) is 2. The largest absolute Gasteiger partial charge is 0.497 e. The maximum absolute atomic E-state index is 12.0. The van der Waals surface area contributed by atoms with Gasteiger partial charge in [0.2, 0.25) is 0 Å². The Labute approximate surface area is 169 Å². The first-order valence-corrected chi connectivity index (χ1v) is 9.00. The number of carbonyl (C=O) groups is 2. The maximum atomic E-state index is 12.0. The molecule has 0 atom stereocenters.